The van der Waals surface area contributed by atoms with Gasteiger partial charge in [-0.15, -0.1) is 0 Å². The van der Waals surface area contributed by atoms with Crippen molar-refractivity contribution < 1.29 is 0 Å². The Kier molecular flexibility index (Phi) is 4.23. The summed E-state index contributed by atoms with van der Waals surface area (Å²) in [5, 5.41) is 12.9. The molecule has 2 saturated carbocycles. The van der Waals surface area contributed by atoms with Crippen LogP contribution < -0.4 is 5.32 Å². The average Bonchev–Trinajstić information content (AvgIpc) is 2.64. The first-order valence-electron chi connectivity index (χ1n) is 6.97. The van der Waals surface area contributed by atoms with Crippen LogP contribution in [0.5, 0.6) is 0 Å². The number of hydrogen-bond acceptors (Lipinski definition) is 2. The summed E-state index contributed by atoms with van der Waals surface area (Å²) in [7, 11) is 0. The summed E-state index contributed by atoms with van der Waals surface area (Å²) < 4.78 is 0. The average molecular weight is 220 g/mol. The van der Waals surface area contributed by atoms with Crippen molar-refractivity contribution in [2.45, 2.75) is 70.4 Å². The van der Waals surface area contributed by atoms with Gasteiger partial charge in [-0.25, -0.2) is 0 Å². The Morgan fingerprint density at radius 3 is 2.50 bits per heavy atom. The van der Waals surface area contributed by atoms with E-state index in [9.17, 15) is 0 Å². The summed E-state index contributed by atoms with van der Waals surface area (Å²) in [6.45, 7) is 2.37. The largest absolute Gasteiger partial charge is 0.310 e. The predicted molar refractivity (Wildman–Crippen MR) is 65.9 cm³/mol. The Hall–Kier alpha value is -0.550. The molecule has 4 atom stereocenters. The minimum atomic E-state index is 0.274. The molecular weight excluding hydrogens is 196 g/mol. The van der Waals surface area contributed by atoms with Crippen molar-refractivity contribution in [2.24, 2.45) is 11.8 Å². The van der Waals surface area contributed by atoms with Gasteiger partial charge < -0.3 is 5.32 Å². The Morgan fingerprint density at radius 2 is 1.69 bits per heavy atom. The lowest BCUT2D eigenvalue weighted by atomic mass is 9.94. The molecule has 0 aromatic carbocycles. The molecule has 0 spiro atoms. The van der Waals surface area contributed by atoms with Crippen LogP contribution in [0.4, 0.5) is 0 Å². The zero-order chi connectivity index (χ0) is 11.4. The Bertz CT molecular complexity index is 256. The Morgan fingerprint density at radius 1 is 0.938 bits per heavy atom. The molecule has 4 unspecified atom stereocenters. The quantitative estimate of drug-likeness (QED) is 0.725. The molecule has 16 heavy (non-hydrogen) atoms. The van der Waals surface area contributed by atoms with Gasteiger partial charge in [0, 0.05) is 12.1 Å². The molecule has 0 aliphatic heterocycles. The molecule has 90 valence electrons. The van der Waals surface area contributed by atoms with E-state index < -0.39 is 0 Å². The summed E-state index contributed by atoms with van der Waals surface area (Å²) in [6.07, 6.45) is 10.4. The van der Waals surface area contributed by atoms with Crippen LogP contribution >= 0.6 is 0 Å². The highest BCUT2D eigenvalue weighted by Gasteiger charge is 2.30. The highest BCUT2D eigenvalue weighted by molar-refractivity contribution is 4.98. The second-order valence-corrected chi connectivity index (χ2v) is 5.66. The van der Waals surface area contributed by atoms with Gasteiger partial charge in [-0.2, -0.15) is 5.26 Å². The Labute approximate surface area is 99.4 Å². The lowest BCUT2D eigenvalue weighted by molar-refractivity contribution is 0.305. The van der Waals surface area contributed by atoms with Crippen molar-refractivity contribution in [3.8, 4) is 6.07 Å². The summed E-state index contributed by atoms with van der Waals surface area (Å²) in [4.78, 5) is 0. The third kappa shape index (κ3) is 2.77. The van der Waals surface area contributed by atoms with Crippen LogP contribution in [0.3, 0.4) is 0 Å². The maximum absolute atomic E-state index is 9.10. The van der Waals surface area contributed by atoms with E-state index in [1.165, 1.54) is 44.9 Å². The van der Waals surface area contributed by atoms with E-state index in [4.69, 9.17) is 5.26 Å². The van der Waals surface area contributed by atoms with Crippen molar-refractivity contribution >= 4 is 0 Å². The minimum Gasteiger partial charge on any atom is -0.310 e. The second kappa shape index (κ2) is 5.68. The molecule has 2 aliphatic rings. The van der Waals surface area contributed by atoms with E-state index in [1.807, 2.05) is 0 Å². The molecule has 0 amide bonds. The molecule has 0 bridgehead atoms. The van der Waals surface area contributed by atoms with Gasteiger partial charge in [-0.05, 0) is 31.6 Å². The number of rotatable bonds is 2. The summed E-state index contributed by atoms with van der Waals surface area (Å²) in [6, 6.07) is 3.62. The van der Waals surface area contributed by atoms with Crippen molar-refractivity contribution in [1.82, 2.24) is 5.32 Å². The molecule has 2 nitrogen and oxygen atoms in total. The van der Waals surface area contributed by atoms with E-state index in [-0.39, 0.29) is 5.92 Å². The highest BCUT2D eigenvalue weighted by Crippen LogP contribution is 2.29. The topological polar surface area (TPSA) is 35.8 Å². The minimum absolute atomic E-state index is 0.274. The predicted octanol–water partition coefficient (Wildman–Crippen LogP) is 3.24. The molecule has 0 heterocycles. The maximum atomic E-state index is 9.10. The van der Waals surface area contributed by atoms with Crippen LogP contribution in [-0.4, -0.2) is 12.1 Å². The zero-order valence-electron chi connectivity index (χ0n) is 10.4. The summed E-state index contributed by atoms with van der Waals surface area (Å²) in [5.74, 6) is 1.07. The van der Waals surface area contributed by atoms with Crippen molar-refractivity contribution in [1.29, 1.82) is 5.26 Å². The fourth-order valence-electron chi connectivity index (χ4n) is 3.33. The fraction of sp³-hybridized carbons (Fsp3) is 0.929. The van der Waals surface area contributed by atoms with E-state index in [1.54, 1.807) is 0 Å². The van der Waals surface area contributed by atoms with Gasteiger partial charge in [-0.3, -0.25) is 0 Å². The van der Waals surface area contributed by atoms with Gasteiger partial charge in [0.05, 0.1) is 12.0 Å². The molecule has 0 radical (unpaired) electrons. The van der Waals surface area contributed by atoms with Gasteiger partial charge >= 0.3 is 0 Å². The van der Waals surface area contributed by atoms with Crippen LogP contribution in [0.15, 0.2) is 0 Å². The first-order valence-corrected chi connectivity index (χ1v) is 6.97. The number of nitrogens with zero attached hydrogens (tertiary/aromatic N) is 1. The van der Waals surface area contributed by atoms with Gasteiger partial charge in [0.15, 0.2) is 0 Å². The van der Waals surface area contributed by atoms with Crippen LogP contribution in [0.1, 0.15) is 58.3 Å². The SMILES string of the molecule is CC1CCCCCC1NC1CCCC1C#N. The number of nitriles is 1. The second-order valence-electron chi connectivity index (χ2n) is 5.66. The highest BCUT2D eigenvalue weighted by atomic mass is 15.0. The molecule has 2 rings (SSSR count). The first-order chi connectivity index (χ1) is 7.81. The number of hydrogen-bond donors (Lipinski definition) is 1. The molecule has 2 fully saturated rings. The molecule has 1 N–H and O–H groups in total. The molecule has 0 saturated heterocycles. The molecular formula is C14H24N2. The maximum Gasteiger partial charge on any atom is 0.0672 e. The third-order valence-corrected chi connectivity index (χ3v) is 4.47. The van der Waals surface area contributed by atoms with E-state index >= 15 is 0 Å². The third-order valence-electron chi connectivity index (χ3n) is 4.47. The standard InChI is InChI=1S/C14H24N2/c1-11-6-3-2-4-8-13(11)16-14-9-5-7-12(14)10-15/h11-14,16H,2-9H2,1H3. The smallest absolute Gasteiger partial charge is 0.0672 e. The fourth-order valence-corrected chi connectivity index (χ4v) is 3.33. The molecule has 2 aliphatic carbocycles. The van der Waals surface area contributed by atoms with Gasteiger partial charge in [-0.1, -0.05) is 32.6 Å². The normalized spacial score (nSPS) is 40.2. The molecule has 2 heteroatoms. The van der Waals surface area contributed by atoms with Gasteiger partial charge in [0.2, 0.25) is 0 Å². The summed E-state index contributed by atoms with van der Waals surface area (Å²) in [5.41, 5.74) is 0. The van der Waals surface area contributed by atoms with Crippen molar-refractivity contribution in [2.75, 3.05) is 0 Å². The number of nitrogens with one attached hydrogen (secondary N) is 1. The van der Waals surface area contributed by atoms with Crippen molar-refractivity contribution in [3.63, 3.8) is 0 Å². The van der Waals surface area contributed by atoms with Crippen LogP contribution in [0.25, 0.3) is 0 Å². The van der Waals surface area contributed by atoms with Crippen molar-refractivity contribution in [3.05, 3.63) is 0 Å². The summed E-state index contributed by atoms with van der Waals surface area (Å²) >= 11 is 0. The van der Waals surface area contributed by atoms with Gasteiger partial charge in [0.1, 0.15) is 0 Å². The lowest BCUT2D eigenvalue weighted by Crippen LogP contribution is -2.43. The van der Waals surface area contributed by atoms with E-state index in [0.717, 1.165) is 12.3 Å². The van der Waals surface area contributed by atoms with Gasteiger partial charge in [0.25, 0.3) is 0 Å². The van der Waals surface area contributed by atoms with E-state index in [2.05, 4.69) is 18.3 Å². The lowest BCUT2D eigenvalue weighted by Gasteiger charge is -2.28. The zero-order valence-corrected chi connectivity index (χ0v) is 10.4. The van der Waals surface area contributed by atoms with Crippen LogP contribution in [-0.2, 0) is 0 Å². The van der Waals surface area contributed by atoms with Crippen LogP contribution in [0, 0.1) is 23.2 Å². The molecule has 0 aromatic heterocycles. The molecule has 0 aromatic rings. The first kappa shape index (κ1) is 11.9. The monoisotopic (exact) mass is 220 g/mol. The van der Waals surface area contributed by atoms with E-state index in [0.29, 0.717) is 12.1 Å². The Balaban J connectivity index is 1.89. The van der Waals surface area contributed by atoms with Crippen LogP contribution in [0.2, 0.25) is 0 Å².